The number of anilines is 1. The van der Waals surface area contributed by atoms with Gasteiger partial charge in [-0.25, -0.2) is 4.79 Å². The number of rotatable bonds is 3. The molecule has 2 aromatic carbocycles. The Labute approximate surface area is 150 Å². The minimum atomic E-state index is -0.0637. The predicted molar refractivity (Wildman–Crippen MR) is 98.1 cm³/mol. The maximum Gasteiger partial charge on any atom is 0.321 e. The molecule has 2 N–H and O–H groups in total. The van der Waals surface area contributed by atoms with Crippen LogP contribution in [0.5, 0.6) is 5.75 Å². The van der Waals surface area contributed by atoms with E-state index in [4.69, 9.17) is 0 Å². The molecular formula is C18H20BrN3O2. The van der Waals surface area contributed by atoms with Gasteiger partial charge in [0, 0.05) is 48.4 Å². The van der Waals surface area contributed by atoms with Gasteiger partial charge in [0.2, 0.25) is 0 Å². The molecule has 0 atom stereocenters. The fourth-order valence-corrected chi connectivity index (χ4v) is 3.16. The van der Waals surface area contributed by atoms with Crippen molar-refractivity contribution in [2.75, 3.05) is 31.5 Å². The quantitative estimate of drug-likeness (QED) is 0.844. The van der Waals surface area contributed by atoms with Crippen LogP contribution in [-0.4, -0.2) is 47.1 Å². The molecular weight excluding hydrogens is 370 g/mol. The summed E-state index contributed by atoms with van der Waals surface area (Å²) in [4.78, 5) is 16.3. The summed E-state index contributed by atoms with van der Waals surface area (Å²) in [6.07, 6.45) is 0. The number of amides is 2. The van der Waals surface area contributed by atoms with Gasteiger partial charge in [-0.05, 0) is 30.3 Å². The van der Waals surface area contributed by atoms with Crippen molar-refractivity contribution in [3.8, 4) is 5.75 Å². The molecule has 1 fully saturated rings. The van der Waals surface area contributed by atoms with Crippen molar-refractivity contribution < 1.29 is 9.90 Å². The molecule has 0 unspecified atom stereocenters. The fraction of sp³-hybridized carbons (Fsp3) is 0.278. The fourth-order valence-electron chi connectivity index (χ4n) is 2.75. The van der Waals surface area contributed by atoms with E-state index in [1.807, 2.05) is 47.4 Å². The van der Waals surface area contributed by atoms with Crippen LogP contribution < -0.4 is 5.32 Å². The summed E-state index contributed by atoms with van der Waals surface area (Å²) < 4.78 is 0.955. The lowest BCUT2D eigenvalue weighted by molar-refractivity contribution is 0.142. The minimum Gasteiger partial charge on any atom is -0.508 e. The molecule has 3 rings (SSSR count). The number of para-hydroxylation sites is 1. The minimum absolute atomic E-state index is 0.0637. The number of halogens is 1. The first kappa shape index (κ1) is 16.8. The molecule has 2 amide bonds. The molecule has 5 nitrogen and oxygen atoms in total. The van der Waals surface area contributed by atoms with Gasteiger partial charge in [-0.15, -0.1) is 0 Å². The van der Waals surface area contributed by atoms with E-state index in [0.717, 1.165) is 28.8 Å². The SMILES string of the molecule is O=C(Nc1ccccc1)N1CCN(Cc2cc(Br)ccc2O)CC1. The van der Waals surface area contributed by atoms with Crippen LogP contribution in [0.2, 0.25) is 0 Å². The average molecular weight is 390 g/mol. The van der Waals surface area contributed by atoms with Crippen LogP contribution in [0.1, 0.15) is 5.56 Å². The third kappa shape index (κ3) is 4.27. The molecule has 0 bridgehead atoms. The van der Waals surface area contributed by atoms with Gasteiger partial charge < -0.3 is 15.3 Å². The lowest BCUT2D eigenvalue weighted by atomic mass is 10.1. The van der Waals surface area contributed by atoms with Gasteiger partial charge in [-0.1, -0.05) is 34.1 Å². The Bertz CT molecular complexity index is 701. The van der Waals surface area contributed by atoms with E-state index >= 15 is 0 Å². The number of hydrogen-bond acceptors (Lipinski definition) is 3. The van der Waals surface area contributed by atoms with Crippen LogP contribution in [-0.2, 0) is 6.54 Å². The topological polar surface area (TPSA) is 55.8 Å². The van der Waals surface area contributed by atoms with E-state index in [0.29, 0.717) is 25.4 Å². The highest BCUT2D eigenvalue weighted by Crippen LogP contribution is 2.23. The molecule has 0 radical (unpaired) electrons. The van der Waals surface area contributed by atoms with Crippen molar-refractivity contribution in [1.82, 2.24) is 9.80 Å². The molecule has 1 aliphatic rings. The van der Waals surface area contributed by atoms with E-state index in [1.165, 1.54) is 0 Å². The highest BCUT2D eigenvalue weighted by Gasteiger charge is 2.21. The summed E-state index contributed by atoms with van der Waals surface area (Å²) in [6, 6.07) is 14.9. The second kappa shape index (κ2) is 7.68. The number of phenols is 1. The lowest BCUT2D eigenvalue weighted by Crippen LogP contribution is -2.49. The molecule has 0 aromatic heterocycles. The van der Waals surface area contributed by atoms with Gasteiger partial charge in [0.1, 0.15) is 5.75 Å². The Hall–Kier alpha value is -2.05. The van der Waals surface area contributed by atoms with E-state index in [9.17, 15) is 9.90 Å². The summed E-state index contributed by atoms with van der Waals surface area (Å²) in [5.74, 6) is 0.308. The third-order valence-corrected chi connectivity index (χ3v) is 4.61. The van der Waals surface area contributed by atoms with Gasteiger partial charge in [0.05, 0.1) is 0 Å². The predicted octanol–water partition coefficient (Wildman–Crippen LogP) is 3.50. The highest BCUT2D eigenvalue weighted by molar-refractivity contribution is 9.10. The number of urea groups is 1. The number of carbonyl (C=O) groups is 1. The van der Waals surface area contributed by atoms with Crippen LogP contribution in [0.3, 0.4) is 0 Å². The number of piperazine rings is 1. The second-order valence-electron chi connectivity index (χ2n) is 5.83. The Balaban J connectivity index is 1.52. The molecule has 0 aliphatic carbocycles. The molecule has 24 heavy (non-hydrogen) atoms. The van der Waals surface area contributed by atoms with Gasteiger partial charge in [0.25, 0.3) is 0 Å². The second-order valence-corrected chi connectivity index (χ2v) is 6.75. The first-order chi connectivity index (χ1) is 11.6. The zero-order valence-electron chi connectivity index (χ0n) is 13.3. The third-order valence-electron chi connectivity index (χ3n) is 4.12. The average Bonchev–Trinajstić information content (AvgIpc) is 2.60. The van der Waals surface area contributed by atoms with Crippen LogP contribution in [0.15, 0.2) is 53.0 Å². The zero-order chi connectivity index (χ0) is 16.9. The summed E-state index contributed by atoms with van der Waals surface area (Å²) >= 11 is 3.43. The maximum absolute atomic E-state index is 12.3. The van der Waals surface area contributed by atoms with Crippen LogP contribution in [0.25, 0.3) is 0 Å². The molecule has 6 heteroatoms. The molecule has 1 heterocycles. The Morgan fingerprint density at radius 2 is 1.79 bits per heavy atom. The zero-order valence-corrected chi connectivity index (χ0v) is 14.9. The van der Waals surface area contributed by atoms with Crippen molar-refractivity contribution in [2.45, 2.75) is 6.54 Å². The Morgan fingerprint density at radius 3 is 2.50 bits per heavy atom. The van der Waals surface area contributed by atoms with E-state index in [2.05, 4.69) is 26.1 Å². The van der Waals surface area contributed by atoms with Crippen molar-refractivity contribution in [3.05, 3.63) is 58.6 Å². The van der Waals surface area contributed by atoms with E-state index in [1.54, 1.807) is 6.07 Å². The summed E-state index contributed by atoms with van der Waals surface area (Å²) in [6.45, 7) is 3.60. The molecule has 126 valence electrons. The van der Waals surface area contributed by atoms with E-state index in [-0.39, 0.29) is 6.03 Å². The summed E-state index contributed by atoms with van der Waals surface area (Å²) in [5.41, 5.74) is 1.70. The van der Waals surface area contributed by atoms with Crippen molar-refractivity contribution in [1.29, 1.82) is 0 Å². The standard InChI is InChI=1S/C18H20BrN3O2/c19-15-6-7-17(23)14(12-15)13-21-8-10-22(11-9-21)18(24)20-16-4-2-1-3-5-16/h1-7,12,23H,8-11,13H2,(H,20,24). The van der Waals surface area contributed by atoms with Crippen molar-refractivity contribution in [3.63, 3.8) is 0 Å². The number of phenolic OH excluding ortho intramolecular Hbond substituents is 1. The van der Waals surface area contributed by atoms with Crippen LogP contribution in [0, 0.1) is 0 Å². The first-order valence-electron chi connectivity index (χ1n) is 7.92. The normalized spacial score (nSPS) is 15.3. The van der Waals surface area contributed by atoms with Gasteiger partial charge >= 0.3 is 6.03 Å². The molecule has 1 saturated heterocycles. The molecule has 2 aromatic rings. The largest absolute Gasteiger partial charge is 0.508 e. The van der Waals surface area contributed by atoms with Crippen molar-refractivity contribution in [2.24, 2.45) is 0 Å². The van der Waals surface area contributed by atoms with Gasteiger partial charge in [-0.2, -0.15) is 0 Å². The number of hydrogen-bond donors (Lipinski definition) is 2. The molecule has 0 saturated carbocycles. The molecule has 1 aliphatic heterocycles. The molecule has 0 spiro atoms. The smallest absolute Gasteiger partial charge is 0.321 e. The Morgan fingerprint density at radius 1 is 1.08 bits per heavy atom. The Kier molecular flexibility index (Phi) is 5.37. The van der Waals surface area contributed by atoms with E-state index < -0.39 is 0 Å². The maximum atomic E-state index is 12.3. The lowest BCUT2D eigenvalue weighted by Gasteiger charge is -2.34. The van der Waals surface area contributed by atoms with Crippen molar-refractivity contribution >= 4 is 27.6 Å². The summed E-state index contributed by atoms with van der Waals surface area (Å²) in [7, 11) is 0. The summed E-state index contributed by atoms with van der Waals surface area (Å²) in [5, 5.41) is 12.9. The first-order valence-corrected chi connectivity index (χ1v) is 8.72. The van der Waals surface area contributed by atoms with Crippen LogP contribution in [0.4, 0.5) is 10.5 Å². The van der Waals surface area contributed by atoms with Crippen LogP contribution >= 0.6 is 15.9 Å². The van der Waals surface area contributed by atoms with Gasteiger partial charge in [-0.3, -0.25) is 4.90 Å². The number of nitrogens with zero attached hydrogens (tertiary/aromatic N) is 2. The monoisotopic (exact) mass is 389 g/mol. The van der Waals surface area contributed by atoms with Gasteiger partial charge in [0.15, 0.2) is 0 Å². The number of aromatic hydroxyl groups is 1. The number of carbonyl (C=O) groups excluding carboxylic acids is 1. The highest BCUT2D eigenvalue weighted by atomic mass is 79.9. The number of benzene rings is 2. The number of nitrogens with one attached hydrogen (secondary N) is 1.